The predicted molar refractivity (Wildman–Crippen MR) is 103 cm³/mol. The van der Waals surface area contributed by atoms with Crippen LogP contribution in [0.2, 0.25) is 10.0 Å². The second-order valence-electron chi connectivity index (χ2n) is 5.68. The summed E-state index contributed by atoms with van der Waals surface area (Å²) < 4.78 is 2.04. The second-order valence-corrected chi connectivity index (χ2v) is 6.50. The highest BCUT2D eigenvalue weighted by Crippen LogP contribution is 2.36. The first-order valence-electron chi connectivity index (χ1n) is 7.73. The number of nitrogen functional groups attached to an aromatic ring is 1. The van der Waals surface area contributed by atoms with Crippen molar-refractivity contribution in [2.45, 2.75) is 6.54 Å². The monoisotopic (exact) mass is 368 g/mol. The number of rotatable bonds is 3. The summed E-state index contributed by atoms with van der Waals surface area (Å²) in [5.74, 6) is 0.696. The van der Waals surface area contributed by atoms with E-state index in [1.54, 1.807) is 12.4 Å². The van der Waals surface area contributed by atoms with Gasteiger partial charge in [-0.25, -0.2) is 4.98 Å². The van der Waals surface area contributed by atoms with E-state index in [0.717, 1.165) is 22.3 Å². The summed E-state index contributed by atoms with van der Waals surface area (Å²) in [7, 11) is 0. The Kier molecular flexibility index (Phi) is 4.07. The zero-order valence-corrected chi connectivity index (χ0v) is 14.7. The maximum Gasteiger partial charge on any atom is 0.144 e. The van der Waals surface area contributed by atoms with Crippen molar-refractivity contribution < 1.29 is 0 Å². The third-order valence-electron chi connectivity index (χ3n) is 4.12. The molecular weight excluding hydrogens is 355 g/mol. The Morgan fingerprint density at radius 2 is 1.72 bits per heavy atom. The fourth-order valence-corrected chi connectivity index (χ4v) is 3.45. The Hall–Kier alpha value is -2.56. The lowest BCUT2D eigenvalue weighted by atomic mass is 10.1. The van der Waals surface area contributed by atoms with Gasteiger partial charge in [-0.1, -0.05) is 47.5 Å². The summed E-state index contributed by atoms with van der Waals surface area (Å²) in [6, 6.07) is 15.1. The minimum Gasteiger partial charge on any atom is -0.398 e. The number of hydrogen-bond donors (Lipinski definition) is 1. The number of anilines is 1. The molecule has 25 heavy (non-hydrogen) atoms. The minimum atomic E-state index is 0.547. The molecule has 0 aliphatic rings. The van der Waals surface area contributed by atoms with E-state index >= 15 is 0 Å². The molecule has 0 aliphatic carbocycles. The van der Waals surface area contributed by atoms with Gasteiger partial charge in [-0.3, -0.25) is 4.98 Å². The van der Waals surface area contributed by atoms with Gasteiger partial charge in [-0.2, -0.15) is 0 Å². The van der Waals surface area contributed by atoms with Crippen LogP contribution in [0.5, 0.6) is 0 Å². The van der Waals surface area contributed by atoms with Crippen LogP contribution in [0.3, 0.4) is 0 Å². The van der Waals surface area contributed by atoms with Crippen molar-refractivity contribution >= 4 is 39.9 Å². The maximum absolute atomic E-state index is 6.42. The summed E-state index contributed by atoms with van der Waals surface area (Å²) in [6.45, 7) is 0.547. The first-order valence-corrected chi connectivity index (χ1v) is 8.49. The van der Waals surface area contributed by atoms with Crippen LogP contribution in [-0.2, 0) is 6.54 Å². The predicted octanol–water partition coefficient (Wildman–Crippen LogP) is 5.04. The number of aromatic nitrogens is 3. The fourth-order valence-electron chi connectivity index (χ4n) is 2.88. The highest BCUT2D eigenvalue weighted by Gasteiger charge is 2.18. The van der Waals surface area contributed by atoms with Crippen molar-refractivity contribution in [2.75, 3.05) is 5.73 Å². The number of halogens is 2. The summed E-state index contributed by atoms with van der Waals surface area (Å²) in [5, 5.41) is 1.11. The van der Waals surface area contributed by atoms with Gasteiger partial charge in [0.25, 0.3) is 0 Å². The Labute approximate surface area is 154 Å². The molecule has 2 heterocycles. The van der Waals surface area contributed by atoms with Crippen LogP contribution in [0.1, 0.15) is 5.56 Å². The number of fused-ring (bicyclic) bond motifs is 1. The molecule has 0 amide bonds. The second kappa shape index (κ2) is 6.39. The van der Waals surface area contributed by atoms with Crippen molar-refractivity contribution in [1.82, 2.24) is 14.5 Å². The van der Waals surface area contributed by atoms with Crippen LogP contribution in [0, 0.1) is 0 Å². The molecule has 4 nitrogen and oxygen atoms in total. The molecule has 2 aromatic carbocycles. The molecule has 0 saturated heterocycles. The van der Waals surface area contributed by atoms with Gasteiger partial charge in [0.1, 0.15) is 5.82 Å². The number of para-hydroxylation sites is 1. The lowest BCUT2D eigenvalue weighted by molar-refractivity contribution is 0.835. The van der Waals surface area contributed by atoms with E-state index in [9.17, 15) is 0 Å². The summed E-state index contributed by atoms with van der Waals surface area (Å²) in [5.41, 5.74) is 10.3. The number of pyridine rings is 1. The molecule has 0 bridgehead atoms. The molecule has 0 spiro atoms. The molecule has 4 rings (SSSR count). The van der Waals surface area contributed by atoms with Gasteiger partial charge in [-0.05, 0) is 29.8 Å². The van der Waals surface area contributed by atoms with Gasteiger partial charge in [-0.15, -0.1) is 0 Å². The van der Waals surface area contributed by atoms with Crippen molar-refractivity contribution in [3.05, 3.63) is 76.5 Å². The van der Waals surface area contributed by atoms with Gasteiger partial charge in [0.05, 0.1) is 39.4 Å². The van der Waals surface area contributed by atoms with Crippen molar-refractivity contribution in [1.29, 1.82) is 0 Å². The Bertz CT molecular complexity index is 1050. The summed E-state index contributed by atoms with van der Waals surface area (Å²) in [4.78, 5) is 8.98. The zero-order chi connectivity index (χ0) is 17.4. The van der Waals surface area contributed by atoms with E-state index < -0.39 is 0 Å². The van der Waals surface area contributed by atoms with Crippen LogP contribution in [0.25, 0.3) is 22.4 Å². The fraction of sp³-hybridized carbons (Fsp3) is 0.0526. The van der Waals surface area contributed by atoms with E-state index in [4.69, 9.17) is 33.9 Å². The zero-order valence-electron chi connectivity index (χ0n) is 13.2. The number of nitrogens with two attached hydrogens (primary N) is 1. The van der Waals surface area contributed by atoms with Gasteiger partial charge in [0.2, 0.25) is 0 Å². The number of imidazole rings is 1. The third-order valence-corrected chi connectivity index (χ3v) is 4.75. The van der Waals surface area contributed by atoms with E-state index in [1.807, 2.05) is 53.1 Å². The summed E-state index contributed by atoms with van der Waals surface area (Å²) >= 11 is 12.8. The molecule has 2 aromatic heterocycles. The first-order chi connectivity index (χ1) is 12.1. The van der Waals surface area contributed by atoms with Gasteiger partial charge >= 0.3 is 0 Å². The quantitative estimate of drug-likeness (QED) is 0.515. The lowest BCUT2D eigenvalue weighted by Gasteiger charge is -2.13. The standard InChI is InChI=1S/C19H14Cl2N4/c20-13-5-3-6-14(21)18(13)19-24-16-8-9-23-10-17(16)25(19)11-12-4-1-2-7-15(12)22/h1-10H,11,22H2. The number of nitrogens with zero attached hydrogens (tertiary/aromatic N) is 3. The molecule has 124 valence electrons. The Balaban J connectivity index is 1.98. The normalized spacial score (nSPS) is 11.1. The molecule has 0 atom stereocenters. The van der Waals surface area contributed by atoms with Crippen LogP contribution >= 0.6 is 23.2 Å². The maximum atomic E-state index is 6.42. The minimum absolute atomic E-state index is 0.547. The Morgan fingerprint density at radius 3 is 2.48 bits per heavy atom. The van der Waals surface area contributed by atoms with Crippen LogP contribution in [0.15, 0.2) is 60.9 Å². The van der Waals surface area contributed by atoms with Crippen molar-refractivity contribution in [2.24, 2.45) is 0 Å². The SMILES string of the molecule is Nc1ccccc1Cn1c(-c2c(Cl)cccc2Cl)nc2ccncc21. The third kappa shape index (κ3) is 2.84. The molecular formula is C19H14Cl2N4. The van der Waals surface area contributed by atoms with E-state index in [1.165, 1.54) is 0 Å². The van der Waals surface area contributed by atoms with E-state index in [2.05, 4.69) is 4.98 Å². The highest BCUT2D eigenvalue weighted by atomic mass is 35.5. The molecule has 0 unspecified atom stereocenters. The Morgan fingerprint density at radius 1 is 0.960 bits per heavy atom. The summed E-state index contributed by atoms with van der Waals surface area (Å²) in [6.07, 6.45) is 3.50. The van der Waals surface area contributed by atoms with Crippen LogP contribution < -0.4 is 5.73 Å². The lowest BCUT2D eigenvalue weighted by Crippen LogP contribution is -2.05. The van der Waals surface area contributed by atoms with Gasteiger partial charge in [0, 0.05) is 11.9 Å². The van der Waals surface area contributed by atoms with E-state index in [-0.39, 0.29) is 0 Å². The molecule has 6 heteroatoms. The van der Waals surface area contributed by atoms with Crippen LogP contribution in [0.4, 0.5) is 5.69 Å². The average Bonchev–Trinajstić information content (AvgIpc) is 2.95. The number of benzene rings is 2. The number of hydrogen-bond acceptors (Lipinski definition) is 3. The molecule has 0 radical (unpaired) electrons. The van der Waals surface area contributed by atoms with Crippen LogP contribution in [-0.4, -0.2) is 14.5 Å². The highest BCUT2D eigenvalue weighted by molar-refractivity contribution is 6.39. The van der Waals surface area contributed by atoms with Gasteiger partial charge < -0.3 is 10.3 Å². The average molecular weight is 369 g/mol. The van der Waals surface area contributed by atoms with E-state index in [0.29, 0.717) is 28.0 Å². The van der Waals surface area contributed by atoms with Gasteiger partial charge in [0.15, 0.2) is 0 Å². The largest absolute Gasteiger partial charge is 0.398 e. The molecule has 0 saturated carbocycles. The molecule has 0 fully saturated rings. The molecule has 4 aromatic rings. The van der Waals surface area contributed by atoms with Crippen molar-refractivity contribution in [3.63, 3.8) is 0 Å². The smallest absolute Gasteiger partial charge is 0.144 e. The first kappa shape index (κ1) is 15.9. The molecule has 2 N–H and O–H groups in total. The van der Waals surface area contributed by atoms with Crippen molar-refractivity contribution in [3.8, 4) is 11.4 Å². The topological polar surface area (TPSA) is 56.7 Å². The molecule has 0 aliphatic heterocycles.